The third-order valence-corrected chi connectivity index (χ3v) is 2.36. The van der Waals surface area contributed by atoms with Crippen LogP contribution in [0.3, 0.4) is 0 Å². The summed E-state index contributed by atoms with van der Waals surface area (Å²) in [5.74, 6) is 2.04. The third kappa shape index (κ3) is 10.4. The van der Waals surface area contributed by atoms with Crippen molar-refractivity contribution in [1.82, 2.24) is 0 Å². The van der Waals surface area contributed by atoms with Gasteiger partial charge in [-0.25, -0.2) is 0 Å². The summed E-state index contributed by atoms with van der Waals surface area (Å²) in [6, 6.07) is 0. The van der Waals surface area contributed by atoms with Crippen LogP contribution in [0.4, 0.5) is 0 Å². The van der Waals surface area contributed by atoms with E-state index in [4.69, 9.17) is 0 Å². The zero-order valence-electron chi connectivity index (χ0n) is 7.71. The van der Waals surface area contributed by atoms with E-state index in [0.717, 1.165) is 11.5 Å². The predicted octanol–water partition coefficient (Wildman–Crippen LogP) is 3.74. The molecular formula is C10H20S2. The summed E-state index contributed by atoms with van der Waals surface area (Å²) < 4.78 is 0. The van der Waals surface area contributed by atoms with Gasteiger partial charge in [0, 0.05) is 0 Å². The molecule has 72 valence electrons. The minimum atomic E-state index is 1.02. The maximum absolute atomic E-state index is 4.16. The molecule has 0 saturated carbocycles. The SMILES string of the molecule is SCCCC/C=C\CCCCS. The first-order valence-corrected chi connectivity index (χ1v) is 6.05. The second kappa shape index (κ2) is 11.4. The van der Waals surface area contributed by atoms with E-state index < -0.39 is 0 Å². The van der Waals surface area contributed by atoms with Gasteiger partial charge in [0.1, 0.15) is 0 Å². The smallest absolute Gasteiger partial charge is 0.00978 e. The van der Waals surface area contributed by atoms with Gasteiger partial charge in [-0.2, -0.15) is 25.3 Å². The van der Waals surface area contributed by atoms with Crippen LogP contribution in [0.2, 0.25) is 0 Å². The molecule has 0 atom stereocenters. The van der Waals surface area contributed by atoms with Crippen molar-refractivity contribution in [3.63, 3.8) is 0 Å². The van der Waals surface area contributed by atoms with Crippen LogP contribution in [-0.4, -0.2) is 11.5 Å². The van der Waals surface area contributed by atoms with Crippen molar-refractivity contribution < 1.29 is 0 Å². The van der Waals surface area contributed by atoms with E-state index in [-0.39, 0.29) is 0 Å². The Kier molecular flexibility index (Phi) is 11.9. The van der Waals surface area contributed by atoms with Gasteiger partial charge in [0.2, 0.25) is 0 Å². The summed E-state index contributed by atoms with van der Waals surface area (Å²) in [4.78, 5) is 0. The maximum atomic E-state index is 4.16. The van der Waals surface area contributed by atoms with Crippen molar-refractivity contribution in [2.75, 3.05) is 11.5 Å². The van der Waals surface area contributed by atoms with Crippen LogP contribution < -0.4 is 0 Å². The normalized spacial score (nSPS) is 11.2. The highest BCUT2D eigenvalue weighted by Crippen LogP contribution is 2.01. The van der Waals surface area contributed by atoms with Crippen molar-refractivity contribution in [2.24, 2.45) is 0 Å². The molecule has 0 aliphatic rings. The molecule has 0 saturated heterocycles. The lowest BCUT2D eigenvalue weighted by atomic mass is 10.2. The van der Waals surface area contributed by atoms with E-state index in [1.54, 1.807) is 0 Å². The quantitative estimate of drug-likeness (QED) is 0.336. The fourth-order valence-electron chi connectivity index (χ4n) is 0.984. The monoisotopic (exact) mass is 204 g/mol. The number of allylic oxidation sites excluding steroid dienone is 2. The van der Waals surface area contributed by atoms with Gasteiger partial charge in [0.25, 0.3) is 0 Å². The largest absolute Gasteiger partial charge is 0.179 e. The number of unbranched alkanes of at least 4 members (excludes halogenated alkanes) is 4. The first-order chi connectivity index (χ1) is 5.91. The van der Waals surface area contributed by atoms with E-state index in [0.29, 0.717) is 0 Å². The molecule has 0 radical (unpaired) electrons. The molecule has 0 heterocycles. The van der Waals surface area contributed by atoms with Gasteiger partial charge in [-0.3, -0.25) is 0 Å². The summed E-state index contributed by atoms with van der Waals surface area (Å²) in [7, 11) is 0. The molecule has 0 aliphatic carbocycles. The van der Waals surface area contributed by atoms with E-state index in [1.807, 2.05) is 0 Å². The van der Waals surface area contributed by atoms with Gasteiger partial charge in [-0.15, -0.1) is 0 Å². The number of thiol groups is 2. The molecule has 0 aromatic heterocycles. The van der Waals surface area contributed by atoms with Crippen molar-refractivity contribution in [3.8, 4) is 0 Å². The average molecular weight is 204 g/mol. The van der Waals surface area contributed by atoms with E-state index in [2.05, 4.69) is 37.4 Å². The maximum Gasteiger partial charge on any atom is -0.00978 e. The summed E-state index contributed by atoms with van der Waals surface area (Å²) in [5, 5.41) is 0. The Balaban J connectivity index is 2.93. The molecule has 0 nitrogen and oxygen atoms in total. The average Bonchev–Trinajstić information content (AvgIpc) is 2.10. The first kappa shape index (κ1) is 12.4. The van der Waals surface area contributed by atoms with Crippen LogP contribution in [-0.2, 0) is 0 Å². The molecule has 0 fully saturated rings. The lowest BCUT2D eigenvalue weighted by Crippen LogP contribution is -1.76. The molecule has 0 rings (SSSR count). The molecule has 12 heavy (non-hydrogen) atoms. The third-order valence-electron chi connectivity index (χ3n) is 1.72. The Morgan fingerprint density at radius 1 is 0.667 bits per heavy atom. The van der Waals surface area contributed by atoms with Crippen molar-refractivity contribution in [2.45, 2.75) is 38.5 Å². The number of hydrogen-bond donors (Lipinski definition) is 2. The second-order valence-electron chi connectivity index (χ2n) is 2.91. The predicted molar refractivity (Wildman–Crippen MR) is 64.5 cm³/mol. The van der Waals surface area contributed by atoms with Crippen LogP contribution in [0.15, 0.2) is 12.2 Å². The van der Waals surface area contributed by atoms with Gasteiger partial charge in [0.05, 0.1) is 0 Å². The zero-order valence-corrected chi connectivity index (χ0v) is 9.49. The molecule has 0 aromatic carbocycles. The molecule has 0 spiro atoms. The van der Waals surface area contributed by atoms with Gasteiger partial charge in [-0.1, -0.05) is 12.2 Å². The van der Waals surface area contributed by atoms with Crippen LogP contribution in [0.25, 0.3) is 0 Å². The molecular weight excluding hydrogens is 184 g/mol. The van der Waals surface area contributed by atoms with Crippen molar-refractivity contribution >= 4 is 25.3 Å². The Bertz CT molecular complexity index is 88.0. The molecule has 0 amide bonds. The molecule has 0 unspecified atom stereocenters. The highest BCUT2D eigenvalue weighted by Gasteiger charge is 1.83. The summed E-state index contributed by atoms with van der Waals surface area (Å²) in [6.45, 7) is 0. The van der Waals surface area contributed by atoms with E-state index in [1.165, 1.54) is 38.5 Å². The number of hydrogen-bond acceptors (Lipinski definition) is 2. The Morgan fingerprint density at radius 2 is 1.08 bits per heavy atom. The fraction of sp³-hybridized carbons (Fsp3) is 0.800. The van der Waals surface area contributed by atoms with Gasteiger partial charge in [-0.05, 0) is 50.0 Å². The standard InChI is InChI=1S/C10H20S2/c11-9-7-5-3-1-2-4-6-8-10-12/h1-2,11-12H,3-10H2/b2-1-. The fourth-order valence-corrected chi connectivity index (χ4v) is 1.43. The summed E-state index contributed by atoms with van der Waals surface area (Å²) in [5.41, 5.74) is 0. The van der Waals surface area contributed by atoms with Crippen LogP contribution in [0.1, 0.15) is 38.5 Å². The molecule has 0 bridgehead atoms. The van der Waals surface area contributed by atoms with Gasteiger partial charge < -0.3 is 0 Å². The van der Waals surface area contributed by atoms with Crippen LogP contribution in [0, 0.1) is 0 Å². The Hall–Kier alpha value is 0.440. The number of rotatable bonds is 8. The van der Waals surface area contributed by atoms with E-state index in [9.17, 15) is 0 Å². The second-order valence-corrected chi connectivity index (χ2v) is 3.80. The van der Waals surface area contributed by atoms with E-state index >= 15 is 0 Å². The Morgan fingerprint density at radius 3 is 1.42 bits per heavy atom. The molecule has 2 heteroatoms. The first-order valence-electron chi connectivity index (χ1n) is 4.78. The minimum Gasteiger partial charge on any atom is -0.179 e. The van der Waals surface area contributed by atoms with Gasteiger partial charge in [0.15, 0.2) is 0 Å². The topological polar surface area (TPSA) is 0 Å². The Labute approximate surface area is 87.6 Å². The highest BCUT2D eigenvalue weighted by molar-refractivity contribution is 7.80. The summed E-state index contributed by atoms with van der Waals surface area (Å²) in [6.07, 6.45) is 12.1. The van der Waals surface area contributed by atoms with Crippen molar-refractivity contribution in [1.29, 1.82) is 0 Å². The molecule has 0 N–H and O–H groups in total. The lowest BCUT2D eigenvalue weighted by molar-refractivity contribution is 0.802. The van der Waals surface area contributed by atoms with Crippen LogP contribution >= 0.6 is 25.3 Å². The highest BCUT2D eigenvalue weighted by atomic mass is 32.1. The lowest BCUT2D eigenvalue weighted by Gasteiger charge is -1.92. The van der Waals surface area contributed by atoms with Crippen LogP contribution in [0.5, 0.6) is 0 Å². The summed E-state index contributed by atoms with van der Waals surface area (Å²) >= 11 is 8.32. The van der Waals surface area contributed by atoms with Crippen molar-refractivity contribution in [3.05, 3.63) is 12.2 Å². The minimum absolute atomic E-state index is 1.02. The van der Waals surface area contributed by atoms with Gasteiger partial charge >= 0.3 is 0 Å². The zero-order chi connectivity index (χ0) is 9.07. The molecule has 0 aromatic rings. The molecule has 0 aliphatic heterocycles.